The van der Waals surface area contributed by atoms with E-state index < -0.39 is 9.05 Å². The highest BCUT2D eigenvalue weighted by Gasteiger charge is 2.31. The fourth-order valence-corrected chi connectivity index (χ4v) is 3.43. The lowest BCUT2D eigenvalue weighted by atomic mass is 9.78. The molecule has 2 rings (SSSR count). The molecule has 7 heteroatoms. The largest absolute Gasteiger partial charge is 0.345 e. The van der Waals surface area contributed by atoms with Crippen LogP contribution >= 0.6 is 10.7 Å². The van der Waals surface area contributed by atoms with Crippen LogP contribution < -0.4 is 0 Å². The molecule has 0 radical (unpaired) electrons. The lowest BCUT2D eigenvalue weighted by Gasteiger charge is -2.38. The predicted octanol–water partition coefficient (Wildman–Crippen LogP) is 2.60. The molecule has 5 nitrogen and oxygen atoms in total. The number of aromatic nitrogens is 1. The molecule has 1 aromatic heterocycles. The predicted molar refractivity (Wildman–Crippen MR) is 82.0 cm³/mol. The zero-order valence-electron chi connectivity index (χ0n) is 12.6. The number of hydrogen-bond acceptors (Lipinski definition) is 3. The van der Waals surface area contributed by atoms with Crippen molar-refractivity contribution in [3.63, 3.8) is 0 Å². The fourth-order valence-electron chi connectivity index (χ4n) is 2.65. The van der Waals surface area contributed by atoms with Gasteiger partial charge in [-0.15, -0.1) is 0 Å². The number of carbonyl (C=O) groups excluding carboxylic acids is 1. The van der Waals surface area contributed by atoms with Gasteiger partial charge in [0.15, 0.2) is 0 Å². The molecule has 118 valence electrons. The maximum Gasteiger partial charge on any atom is 0.270 e. The first kappa shape index (κ1) is 16.4. The Morgan fingerprint density at radius 3 is 2.38 bits per heavy atom. The Hall–Kier alpha value is -1.01. The highest BCUT2D eigenvalue weighted by atomic mass is 35.7. The second-order valence-corrected chi connectivity index (χ2v) is 8.63. The summed E-state index contributed by atoms with van der Waals surface area (Å²) in [4.78, 5) is 14.3. The summed E-state index contributed by atoms with van der Waals surface area (Å²) in [7, 11) is 3.17. The summed E-state index contributed by atoms with van der Waals surface area (Å²) in [5.41, 5.74) is 0.657. The molecule has 1 fully saturated rings. The zero-order chi connectivity index (χ0) is 15.8. The minimum atomic E-state index is -3.81. The van der Waals surface area contributed by atoms with Crippen molar-refractivity contribution < 1.29 is 13.2 Å². The van der Waals surface area contributed by atoms with E-state index >= 15 is 0 Å². The van der Waals surface area contributed by atoms with Crippen LogP contribution in [-0.2, 0) is 16.1 Å². The molecule has 0 bridgehead atoms. The summed E-state index contributed by atoms with van der Waals surface area (Å²) in [5.74, 6) is -0.137. The van der Waals surface area contributed by atoms with Crippen molar-refractivity contribution in [1.29, 1.82) is 0 Å². The van der Waals surface area contributed by atoms with Crippen LogP contribution in [-0.4, -0.2) is 36.9 Å². The van der Waals surface area contributed by atoms with Gasteiger partial charge in [-0.2, -0.15) is 0 Å². The molecule has 0 aliphatic carbocycles. The quantitative estimate of drug-likeness (QED) is 0.799. The van der Waals surface area contributed by atoms with E-state index in [2.05, 4.69) is 13.8 Å². The number of rotatable bonds is 3. The van der Waals surface area contributed by atoms with E-state index in [1.807, 2.05) is 0 Å². The number of halogens is 1. The van der Waals surface area contributed by atoms with Crippen molar-refractivity contribution in [2.24, 2.45) is 12.5 Å². The lowest BCUT2D eigenvalue weighted by molar-refractivity contribution is 0.0591. The van der Waals surface area contributed by atoms with Crippen LogP contribution in [0.3, 0.4) is 0 Å². The molecular formula is C14H21ClN2O3S. The minimum absolute atomic E-state index is 0.0366. The van der Waals surface area contributed by atoms with Crippen LogP contribution in [0.25, 0.3) is 0 Å². The maximum atomic E-state index is 12.5. The molecule has 0 spiro atoms. The molecule has 0 unspecified atom stereocenters. The van der Waals surface area contributed by atoms with Crippen molar-refractivity contribution >= 4 is 25.6 Å². The van der Waals surface area contributed by atoms with Gasteiger partial charge in [-0.1, -0.05) is 20.3 Å². The van der Waals surface area contributed by atoms with Gasteiger partial charge in [-0.3, -0.25) is 4.79 Å². The van der Waals surface area contributed by atoms with E-state index in [1.54, 1.807) is 11.9 Å². The first-order valence-electron chi connectivity index (χ1n) is 7.06. The van der Waals surface area contributed by atoms with E-state index in [-0.39, 0.29) is 10.8 Å². The van der Waals surface area contributed by atoms with Crippen molar-refractivity contribution in [3.05, 3.63) is 18.0 Å². The first-order chi connectivity index (χ1) is 9.66. The molecular weight excluding hydrogens is 312 g/mol. The highest BCUT2D eigenvalue weighted by molar-refractivity contribution is 8.13. The Morgan fingerprint density at radius 1 is 1.38 bits per heavy atom. The molecule has 1 saturated heterocycles. The second kappa shape index (κ2) is 5.65. The fraction of sp³-hybridized carbons (Fsp3) is 0.643. The van der Waals surface area contributed by atoms with Gasteiger partial charge in [0.25, 0.3) is 15.0 Å². The number of piperidine rings is 1. The summed E-state index contributed by atoms with van der Waals surface area (Å²) in [5, 5.41) is 0. The monoisotopic (exact) mass is 332 g/mol. The standard InChI is InChI=1S/C14H21ClN2O3S/c1-4-14(2)5-7-17(8-6-14)13(18)12-9-11(10-16(12)3)21(15,19)20/h9-10H,4-8H2,1-3H3. The molecule has 1 amide bonds. The molecule has 0 aromatic carbocycles. The lowest BCUT2D eigenvalue weighted by Crippen LogP contribution is -2.42. The van der Waals surface area contributed by atoms with Gasteiger partial charge in [0, 0.05) is 37.0 Å². The third-order valence-electron chi connectivity index (χ3n) is 4.59. The van der Waals surface area contributed by atoms with Gasteiger partial charge in [-0.25, -0.2) is 8.42 Å². The van der Waals surface area contributed by atoms with Gasteiger partial charge >= 0.3 is 0 Å². The van der Waals surface area contributed by atoms with Gasteiger partial charge in [-0.05, 0) is 24.3 Å². The zero-order valence-corrected chi connectivity index (χ0v) is 14.2. The second-order valence-electron chi connectivity index (χ2n) is 6.07. The minimum Gasteiger partial charge on any atom is -0.345 e. The molecule has 0 atom stereocenters. The normalized spacial score (nSPS) is 18.8. The maximum absolute atomic E-state index is 12.5. The molecule has 2 heterocycles. The molecule has 1 aliphatic rings. The van der Waals surface area contributed by atoms with E-state index in [0.717, 1.165) is 19.3 Å². The topological polar surface area (TPSA) is 59.4 Å². The summed E-state index contributed by atoms with van der Waals surface area (Å²) < 4.78 is 24.2. The van der Waals surface area contributed by atoms with Crippen molar-refractivity contribution in [2.45, 2.75) is 38.0 Å². The summed E-state index contributed by atoms with van der Waals surface area (Å²) in [6.07, 6.45) is 4.42. The number of nitrogens with zero attached hydrogens (tertiary/aromatic N) is 2. The van der Waals surface area contributed by atoms with Crippen molar-refractivity contribution in [3.8, 4) is 0 Å². The summed E-state index contributed by atoms with van der Waals surface area (Å²) in [6.45, 7) is 5.83. The van der Waals surface area contributed by atoms with Crippen LogP contribution in [0.4, 0.5) is 0 Å². The average Bonchev–Trinajstić information content (AvgIpc) is 2.81. The third-order valence-corrected chi connectivity index (χ3v) is 5.91. The highest BCUT2D eigenvalue weighted by Crippen LogP contribution is 2.34. The van der Waals surface area contributed by atoms with Gasteiger partial charge < -0.3 is 9.47 Å². The van der Waals surface area contributed by atoms with Crippen LogP contribution in [0.5, 0.6) is 0 Å². The molecule has 0 saturated carbocycles. The Morgan fingerprint density at radius 2 is 1.95 bits per heavy atom. The van der Waals surface area contributed by atoms with Crippen LogP contribution in [0, 0.1) is 5.41 Å². The Balaban J connectivity index is 2.17. The van der Waals surface area contributed by atoms with Crippen molar-refractivity contribution in [2.75, 3.05) is 13.1 Å². The van der Waals surface area contributed by atoms with Crippen LogP contribution in [0.2, 0.25) is 0 Å². The molecule has 21 heavy (non-hydrogen) atoms. The summed E-state index contributed by atoms with van der Waals surface area (Å²) >= 11 is 0. The van der Waals surface area contributed by atoms with Crippen LogP contribution in [0.15, 0.2) is 17.2 Å². The number of carbonyl (C=O) groups is 1. The summed E-state index contributed by atoms with van der Waals surface area (Å²) in [6, 6.07) is 1.35. The smallest absolute Gasteiger partial charge is 0.270 e. The Labute approximate surface area is 130 Å². The van der Waals surface area contributed by atoms with E-state index in [4.69, 9.17) is 10.7 Å². The van der Waals surface area contributed by atoms with Crippen LogP contribution in [0.1, 0.15) is 43.6 Å². The Bertz CT molecular complexity index is 643. The van der Waals surface area contributed by atoms with E-state index in [1.165, 1.54) is 16.8 Å². The van der Waals surface area contributed by atoms with Gasteiger partial charge in [0.1, 0.15) is 10.6 Å². The number of amides is 1. The van der Waals surface area contributed by atoms with Gasteiger partial charge in [0.2, 0.25) is 0 Å². The van der Waals surface area contributed by atoms with Gasteiger partial charge in [0.05, 0.1) is 0 Å². The number of likely N-dealkylation sites (tertiary alicyclic amines) is 1. The third kappa shape index (κ3) is 3.43. The SMILES string of the molecule is CCC1(C)CCN(C(=O)c2cc(S(=O)(=O)Cl)cn2C)CC1. The number of hydrogen-bond donors (Lipinski definition) is 0. The molecule has 1 aromatic rings. The van der Waals surface area contributed by atoms with E-state index in [9.17, 15) is 13.2 Å². The number of aryl methyl sites for hydroxylation is 1. The molecule has 0 N–H and O–H groups in total. The van der Waals surface area contributed by atoms with E-state index in [0.29, 0.717) is 24.2 Å². The van der Waals surface area contributed by atoms with Crippen molar-refractivity contribution in [1.82, 2.24) is 9.47 Å². The molecule has 1 aliphatic heterocycles. The Kier molecular flexibility index (Phi) is 4.40. The average molecular weight is 333 g/mol. The first-order valence-corrected chi connectivity index (χ1v) is 9.37.